The number of hydrogen-bond acceptors (Lipinski definition) is 5. The molecule has 0 aliphatic heterocycles. The normalized spacial score (nSPS) is 14.1. The lowest BCUT2D eigenvalue weighted by Crippen LogP contribution is -2.42. The van der Waals surface area contributed by atoms with Crippen LogP contribution >= 0.6 is 0 Å². The predicted octanol–water partition coefficient (Wildman–Crippen LogP) is 6.26. The molecule has 220 valence electrons. The fourth-order valence-electron chi connectivity index (χ4n) is 4.63. The van der Waals surface area contributed by atoms with Crippen molar-refractivity contribution in [2.45, 2.75) is 98.1 Å². The molecule has 0 spiro atoms. The summed E-state index contributed by atoms with van der Waals surface area (Å²) in [5.41, 5.74) is 2.57. The molecule has 1 rings (SSSR count). The maximum absolute atomic E-state index is 5.64. The van der Waals surface area contributed by atoms with Crippen LogP contribution < -0.4 is 16.0 Å². The predicted molar refractivity (Wildman–Crippen MR) is 167 cm³/mol. The van der Waals surface area contributed by atoms with Crippen LogP contribution in [0.4, 0.5) is 0 Å². The Morgan fingerprint density at radius 3 is 2.39 bits per heavy atom. The van der Waals surface area contributed by atoms with Crippen LogP contribution in [0.3, 0.4) is 0 Å². The highest BCUT2D eigenvalue weighted by Crippen LogP contribution is 2.19. The van der Waals surface area contributed by atoms with Crippen LogP contribution in [0.15, 0.2) is 42.6 Å². The fraction of sp³-hybridized carbons (Fsp3) is 0.758. The average Bonchev–Trinajstić information content (AvgIpc) is 2.90. The third-order valence-electron chi connectivity index (χ3n) is 7.43. The van der Waals surface area contributed by atoms with E-state index in [1.807, 2.05) is 0 Å². The summed E-state index contributed by atoms with van der Waals surface area (Å²) >= 11 is 0. The SMILES string of the molecule is C=C(N[C@@H](CC)CN[C@@H](C)CCCC(C)C)[C@@H](CCN(C)CCNCCOCCCC)Cc1ccccc1. The standard InChI is InChI=1S/C33H62N4O/c1-8-10-24-38-25-21-34-20-23-37(7)22-19-32(26-31-17-12-11-13-18-31)30(6)36-33(9-2)27-35-29(5)16-14-15-28(3)4/h11-13,17-18,28-29,32-36H,6,8-10,14-16,19-27H2,1-5,7H3/t29-,32-,33-/m0/s1. The van der Waals surface area contributed by atoms with Crippen molar-refractivity contribution in [3.63, 3.8) is 0 Å². The molecule has 0 unspecified atom stereocenters. The highest BCUT2D eigenvalue weighted by Gasteiger charge is 2.18. The maximum atomic E-state index is 5.64. The van der Waals surface area contributed by atoms with Crippen LogP contribution in [0.1, 0.15) is 85.1 Å². The molecule has 0 radical (unpaired) electrons. The monoisotopic (exact) mass is 530 g/mol. The molecule has 0 saturated heterocycles. The second-order valence-corrected chi connectivity index (χ2v) is 11.6. The highest BCUT2D eigenvalue weighted by molar-refractivity contribution is 5.18. The summed E-state index contributed by atoms with van der Waals surface area (Å²) in [6.07, 6.45) is 9.44. The number of nitrogens with zero attached hydrogens (tertiary/aromatic N) is 1. The fourth-order valence-corrected chi connectivity index (χ4v) is 4.63. The lowest BCUT2D eigenvalue weighted by Gasteiger charge is -2.28. The number of hydrogen-bond donors (Lipinski definition) is 3. The second kappa shape index (κ2) is 22.4. The molecule has 3 atom stereocenters. The minimum absolute atomic E-state index is 0.412. The van der Waals surface area contributed by atoms with Crippen LogP contribution in [0.5, 0.6) is 0 Å². The first-order chi connectivity index (χ1) is 18.3. The smallest absolute Gasteiger partial charge is 0.0590 e. The van der Waals surface area contributed by atoms with E-state index in [9.17, 15) is 0 Å². The molecule has 0 fully saturated rings. The van der Waals surface area contributed by atoms with E-state index in [2.05, 4.69) is 99.4 Å². The van der Waals surface area contributed by atoms with Gasteiger partial charge in [0, 0.05) is 56.5 Å². The van der Waals surface area contributed by atoms with E-state index in [-0.39, 0.29) is 0 Å². The number of ether oxygens (including phenoxy) is 1. The Bertz CT molecular complexity index is 681. The van der Waals surface area contributed by atoms with Gasteiger partial charge in [-0.2, -0.15) is 0 Å². The Hall–Kier alpha value is -1.40. The van der Waals surface area contributed by atoms with E-state index in [0.717, 1.165) is 77.5 Å². The maximum Gasteiger partial charge on any atom is 0.0590 e. The van der Waals surface area contributed by atoms with Crippen molar-refractivity contribution in [1.29, 1.82) is 0 Å². The Morgan fingerprint density at radius 2 is 1.71 bits per heavy atom. The number of benzene rings is 1. The van der Waals surface area contributed by atoms with Gasteiger partial charge in [0.1, 0.15) is 0 Å². The molecular weight excluding hydrogens is 468 g/mol. The summed E-state index contributed by atoms with van der Waals surface area (Å²) in [6.45, 7) is 22.7. The van der Waals surface area contributed by atoms with Gasteiger partial charge in [0.15, 0.2) is 0 Å². The zero-order valence-electron chi connectivity index (χ0n) is 25.9. The molecule has 0 heterocycles. The number of nitrogens with one attached hydrogen (secondary N) is 3. The first-order valence-corrected chi connectivity index (χ1v) is 15.5. The Labute approximate surface area is 236 Å². The molecule has 38 heavy (non-hydrogen) atoms. The molecule has 0 aliphatic rings. The van der Waals surface area contributed by atoms with Crippen LogP contribution in [0.25, 0.3) is 0 Å². The molecule has 5 heteroatoms. The molecule has 0 aromatic heterocycles. The van der Waals surface area contributed by atoms with Crippen molar-refractivity contribution in [3.8, 4) is 0 Å². The van der Waals surface area contributed by atoms with Gasteiger partial charge in [-0.15, -0.1) is 0 Å². The second-order valence-electron chi connectivity index (χ2n) is 11.6. The zero-order chi connectivity index (χ0) is 28.0. The summed E-state index contributed by atoms with van der Waals surface area (Å²) < 4.78 is 5.64. The van der Waals surface area contributed by atoms with Crippen LogP contribution in [0.2, 0.25) is 0 Å². The van der Waals surface area contributed by atoms with Gasteiger partial charge in [-0.1, -0.05) is 83.9 Å². The number of likely N-dealkylation sites (N-methyl/N-ethyl adjacent to an activating group) is 1. The summed E-state index contributed by atoms with van der Waals surface area (Å²) in [5.74, 6) is 1.21. The quantitative estimate of drug-likeness (QED) is 0.130. The topological polar surface area (TPSA) is 48.6 Å². The third-order valence-corrected chi connectivity index (χ3v) is 7.43. The Balaban J connectivity index is 2.50. The summed E-state index contributed by atoms with van der Waals surface area (Å²) in [4.78, 5) is 2.44. The molecule has 3 N–H and O–H groups in total. The van der Waals surface area contributed by atoms with Gasteiger partial charge < -0.3 is 25.6 Å². The van der Waals surface area contributed by atoms with Gasteiger partial charge in [0.25, 0.3) is 0 Å². The van der Waals surface area contributed by atoms with E-state index in [1.54, 1.807) is 0 Å². The summed E-state index contributed by atoms with van der Waals surface area (Å²) in [5, 5.41) is 11.1. The first-order valence-electron chi connectivity index (χ1n) is 15.5. The number of allylic oxidation sites excluding steroid dienone is 1. The van der Waals surface area contributed by atoms with Crippen LogP contribution in [-0.4, -0.2) is 70.0 Å². The van der Waals surface area contributed by atoms with E-state index < -0.39 is 0 Å². The number of rotatable bonds is 25. The largest absolute Gasteiger partial charge is 0.385 e. The Morgan fingerprint density at radius 1 is 0.947 bits per heavy atom. The summed E-state index contributed by atoms with van der Waals surface area (Å²) in [6, 6.07) is 11.8. The van der Waals surface area contributed by atoms with E-state index in [0.29, 0.717) is 18.0 Å². The van der Waals surface area contributed by atoms with E-state index >= 15 is 0 Å². The molecule has 0 bridgehead atoms. The van der Waals surface area contributed by atoms with Gasteiger partial charge in [-0.3, -0.25) is 0 Å². The average molecular weight is 531 g/mol. The van der Waals surface area contributed by atoms with E-state index in [4.69, 9.17) is 4.74 Å². The molecule has 0 aliphatic carbocycles. The van der Waals surface area contributed by atoms with Crippen molar-refractivity contribution in [2.75, 3.05) is 53.0 Å². The molecule has 5 nitrogen and oxygen atoms in total. The molecular formula is C33H62N4O. The molecule has 0 saturated carbocycles. The van der Waals surface area contributed by atoms with Crippen molar-refractivity contribution in [1.82, 2.24) is 20.9 Å². The van der Waals surface area contributed by atoms with Gasteiger partial charge in [0.05, 0.1) is 6.61 Å². The third kappa shape index (κ3) is 18.0. The Kier molecular flexibility index (Phi) is 20.4. The molecule has 1 aromatic rings. The molecule has 0 amide bonds. The minimum Gasteiger partial charge on any atom is -0.385 e. The lowest BCUT2D eigenvalue weighted by atomic mass is 9.92. The van der Waals surface area contributed by atoms with Crippen molar-refractivity contribution in [2.24, 2.45) is 11.8 Å². The number of unbranched alkanes of at least 4 members (excludes halogenated alkanes) is 1. The van der Waals surface area contributed by atoms with Crippen molar-refractivity contribution >= 4 is 0 Å². The van der Waals surface area contributed by atoms with E-state index in [1.165, 1.54) is 36.9 Å². The van der Waals surface area contributed by atoms with Crippen LogP contribution in [0, 0.1) is 11.8 Å². The van der Waals surface area contributed by atoms with Gasteiger partial charge >= 0.3 is 0 Å². The highest BCUT2D eigenvalue weighted by atomic mass is 16.5. The van der Waals surface area contributed by atoms with Crippen molar-refractivity contribution < 1.29 is 4.74 Å². The van der Waals surface area contributed by atoms with Crippen LogP contribution in [-0.2, 0) is 11.2 Å². The van der Waals surface area contributed by atoms with Crippen molar-refractivity contribution in [3.05, 3.63) is 48.2 Å². The zero-order valence-corrected chi connectivity index (χ0v) is 25.9. The first kappa shape index (κ1) is 34.6. The lowest BCUT2D eigenvalue weighted by molar-refractivity contribution is 0.132. The summed E-state index contributed by atoms with van der Waals surface area (Å²) in [7, 11) is 2.23. The van der Waals surface area contributed by atoms with Gasteiger partial charge in [-0.05, 0) is 64.1 Å². The van der Waals surface area contributed by atoms with Gasteiger partial charge in [0.2, 0.25) is 0 Å². The van der Waals surface area contributed by atoms with Gasteiger partial charge in [-0.25, -0.2) is 0 Å². The molecule has 1 aromatic carbocycles. The minimum atomic E-state index is 0.412.